The highest BCUT2D eigenvalue weighted by Crippen LogP contribution is 2.32. The molecule has 0 fully saturated rings. The average Bonchev–Trinajstić information content (AvgIpc) is 2.47. The number of amides is 1. The maximum Gasteiger partial charge on any atom is 0.280 e. The van der Waals surface area contributed by atoms with Gasteiger partial charge < -0.3 is 4.74 Å². The van der Waals surface area contributed by atoms with Crippen LogP contribution in [-0.4, -0.2) is 19.2 Å². The molecular weight excluding hydrogens is 240 g/mol. The van der Waals surface area contributed by atoms with Crippen molar-refractivity contribution in [2.75, 3.05) is 12.1 Å². The van der Waals surface area contributed by atoms with Crippen LogP contribution >= 0.6 is 0 Å². The summed E-state index contributed by atoms with van der Waals surface area (Å²) < 4.78 is 5.14. The number of hydrogen-bond donors (Lipinski definition) is 0. The van der Waals surface area contributed by atoms with E-state index < -0.39 is 0 Å². The van der Waals surface area contributed by atoms with Gasteiger partial charge in [-0.25, -0.2) is 0 Å². The molecule has 19 heavy (non-hydrogen) atoms. The molecule has 0 aliphatic carbocycles. The van der Waals surface area contributed by atoms with Gasteiger partial charge in [0.2, 0.25) is 0 Å². The summed E-state index contributed by atoms with van der Waals surface area (Å²) in [7, 11) is 1.62. The van der Waals surface area contributed by atoms with E-state index in [1.807, 2.05) is 42.5 Å². The van der Waals surface area contributed by atoms with Crippen LogP contribution in [0.5, 0.6) is 5.75 Å². The van der Waals surface area contributed by atoms with E-state index in [0.29, 0.717) is 5.56 Å². The molecule has 1 aliphatic rings. The number of hydrogen-bond acceptors (Lipinski definition) is 3. The van der Waals surface area contributed by atoms with Gasteiger partial charge in [-0.1, -0.05) is 24.3 Å². The van der Waals surface area contributed by atoms with Gasteiger partial charge in [-0.05, 0) is 29.8 Å². The summed E-state index contributed by atoms with van der Waals surface area (Å²) in [4.78, 5) is 11.8. The van der Waals surface area contributed by atoms with Crippen molar-refractivity contribution in [3.8, 4) is 5.75 Å². The third-order valence-corrected chi connectivity index (χ3v) is 2.97. The van der Waals surface area contributed by atoms with Crippen molar-refractivity contribution in [1.29, 1.82) is 0 Å². The number of nitrogens with zero attached hydrogens (tertiary/aromatic N) is 2. The van der Waals surface area contributed by atoms with E-state index in [1.165, 1.54) is 5.01 Å². The van der Waals surface area contributed by atoms with Crippen molar-refractivity contribution in [1.82, 2.24) is 0 Å². The van der Waals surface area contributed by atoms with Crippen LogP contribution in [0.1, 0.15) is 15.9 Å². The summed E-state index contributed by atoms with van der Waals surface area (Å²) in [6, 6.07) is 14.9. The molecule has 4 heteroatoms. The predicted octanol–water partition coefficient (Wildman–Crippen LogP) is 2.69. The van der Waals surface area contributed by atoms with Gasteiger partial charge in [0.05, 0.1) is 24.6 Å². The number of benzene rings is 2. The molecule has 0 radical (unpaired) electrons. The highest BCUT2D eigenvalue weighted by Gasteiger charge is 2.31. The number of anilines is 1. The standard InChI is InChI=1S/C15H12N2O2/c1-19-12-6-4-5-11(9-12)10-16-17-14-8-3-2-7-13(14)15(17)18/h2-10H,1H3/b16-10-. The van der Waals surface area contributed by atoms with Crippen LogP contribution in [0.2, 0.25) is 0 Å². The Morgan fingerprint density at radius 2 is 2.00 bits per heavy atom. The van der Waals surface area contributed by atoms with Crippen LogP contribution in [0.25, 0.3) is 0 Å². The molecule has 0 bridgehead atoms. The Labute approximate surface area is 110 Å². The van der Waals surface area contributed by atoms with Crippen LogP contribution in [0, 0.1) is 0 Å². The van der Waals surface area contributed by atoms with Crippen molar-refractivity contribution in [2.24, 2.45) is 5.10 Å². The summed E-state index contributed by atoms with van der Waals surface area (Å²) in [5.41, 5.74) is 2.44. The fraction of sp³-hybridized carbons (Fsp3) is 0.0667. The number of ether oxygens (including phenoxy) is 1. The summed E-state index contributed by atoms with van der Waals surface area (Å²) in [5.74, 6) is 0.689. The summed E-state index contributed by atoms with van der Waals surface area (Å²) >= 11 is 0. The monoisotopic (exact) mass is 252 g/mol. The fourth-order valence-electron chi connectivity index (χ4n) is 1.97. The quantitative estimate of drug-likeness (QED) is 0.788. The molecule has 0 N–H and O–H groups in total. The van der Waals surface area contributed by atoms with Crippen LogP contribution in [0.3, 0.4) is 0 Å². The van der Waals surface area contributed by atoms with E-state index in [9.17, 15) is 4.79 Å². The number of carbonyl (C=O) groups is 1. The third kappa shape index (κ3) is 1.97. The van der Waals surface area contributed by atoms with Gasteiger partial charge in [-0.15, -0.1) is 0 Å². The van der Waals surface area contributed by atoms with E-state index in [2.05, 4.69) is 5.10 Å². The maximum absolute atomic E-state index is 11.8. The number of hydrazone groups is 1. The fourth-order valence-corrected chi connectivity index (χ4v) is 1.97. The van der Waals surface area contributed by atoms with Crippen LogP contribution in [0.4, 0.5) is 5.69 Å². The predicted molar refractivity (Wildman–Crippen MR) is 73.8 cm³/mol. The SMILES string of the molecule is COc1cccc(/C=N\N2C(=O)c3ccccc32)c1. The largest absolute Gasteiger partial charge is 0.497 e. The third-order valence-electron chi connectivity index (χ3n) is 2.97. The molecule has 0 saturated heterocycles. The Morgan fingerprint density at radius 3 is 2.84 bits per heavy atom. The molecule has 1 amide bonds. The first-order chi connectivity index (χ1) is 9.29. The lowest BCUT2D eigenvalue weighted by molar-refractivity contribution is 0.0967. The molecule has 2 aromatic carbocycles. The molecule has 94 valence electrons. The van der Waals surface area contributed by atoms with Crippen molar-refractivity contribution in [2.45, 2.75) is 0 Å². The molecule has 1 heterocycles. The minimum Gasteiger partial charge on any atom is -0.497 e. The Bertz CT molecular complexity index is 665. The number of carbonyl (C=O) groups excluding carboxylic acids is 1. The topological polar surface area (TPSA) is 41.9 Å². The van der Waals surface area contributed by atoms with Gasteiger partial charge in [0, 0.05) is 0 Å². The minimum absolute atomic E-state index is 0.0743. The maximum atomic E-state index is 11.8. The van der Waals surface area contributed by atoms with E-state index in [0.717, 1.165) is 17.0 Å². The van der Waals surface area contributed by atoms with Crippen LogP contribution in [-0.2, 0) is 0 Å². The summed E-state index contributed by atoms with van der Waals surface area (Å²) in [5, 5.41) is 5.60. The Kier molecular flexibility index (Phi) is 2.76. The smallest absolute Gasteiger partial charge is 0.280 e. The van der Waals surface area contributed by atoms with E-state index >= 15 is 0 Å². The number of rotatable bonds is 3. The van der Waals surface area contributed by atoms with E-state index in [1.54, 1.807) is 19.4 Å². The first-order valence-corrected chi connectivity index (χ1v) is 5.91. The molecule has 3 rings (SSSR count). The molecule has 4 nitrogen and oxygen atoms in total. The second kappa shape index (κ2) is 4.57. The van der Waals surface area contributed by atoms with Gasteiger partial charge in [0.15, 0.2) is 0 Å². The van der Waals surface area contributed by atoms with Crippen LogP contribution < -0.4 is 9.75 Å². The molecule has 0 spiro atoms. The van der Waals surface area contributed by atoms with Crippen LogP contribution in [0.15, 0.2) is 53.6 Å². The molecule has 1 aliphatic heterocycles. The summed E-state index contributed by atoms with van der Waals surface area (Å²) in [6.45, 7) is 0. The van der Waals surface area contributed by atoms with Crippen molar-refractivity contribution < 1.29 is 9.53 Å². The van der Waals surface area contributed by atoms with Gasteiger partial charge in [0.25, 0.3) is 5.91 Å². The van der Waals surface area contributed by atoms with Crippen molar-refractivity contribution in [3.05, 3.63) is 59.7 Å². The van der Waals surface area contributed by atoms with Crippen molar-refractivity contribution >= 4 is 17.8 Å². The molecule has 0 atom stereocenters. The number of methoxy groups -OCH3 is 1. The molecular formula is C15H12N2O2. The van der Waals surface area contributed by atoms with Gasteiger partial charge in [-0.3, -0.25) is 4.79 Å². The van der Waals surface area contributed by atoms with E-state index in [4.69, 9.17) is 4.74 Å². The van der Waals surface area contributed by atoms with E-state index in [-0.39, 0.29) is 5.91 Å². The van der Waals surface area contributed by atoms with Gasteiger partial charge in [-0.2, -0.15) is 10.1 Å². The zero-order valence-corrected chi connectivity index (χ0v) is 10.4. The Hall–Kier alpha value is -2.62. The van der Waals surface area contributed by atoms with Gasteiger partial charge >= 0.3 is 0 Å². The number of para-hydroxylation sites is 1. The normalized spacial score (nSPS) is 13.3. The zero-order chi connectivity index (χ0) is 13.2. The molecule has 2 aromatic rings. The lowest BCUT2D eigenvalue weighted by Gasteiger charge is -2.28. The Morgan fingerprint density at radius 1 is 1.16 bits per heavy atom. The lowest BCUT2D eigenvalue weighted by atomic mass is 10.1. The first kappa shape index (κ1) is 11.5. The average molecular weight is 252 g/mol. The van der Waals surface area contributed by atoms with Crippen molar-refractivity contribution in [3.63, 3.8) is 0 Å². The van der Waals surface area contributed by atoms with Gasteiger partial charge in [0.1, 0.15) is 5.75 Å². The zero-order valence-electron chi connectivity index (χ0n) is 10.4. The minimum atomic E-state index is -0.0743. The summed E-state index contributed by atoms with van der Waals surface area (Å²) in [6.07, 6.45) is 1.65. The highest BCUT2D eigenvalue weighted by molar-refractivity contribution is 6.19. The highest BCUT2D eigenvalue weighted by atomic mass is 16.5. The second-order valence-corrected chi connectivity index (χ2v) is 4.16. The first-order valence-electron chi connectivity index (χ1n) is 5.91. The molecule has 0 aromatic heterocycles. The Balaban J connectivity index is 1.83. The lowest BCUT2D eigenvalue weighted by Crippen LogP contribution is -2.36. The molecule has 0 saturated carbocycles. The molecule has 0 unspecified atom stereocenters. The second-order valence-electron chi connectivity index (χ2n) is 4.16. The number of fused-ring (bicyclic) bond motifs is 1.